The van der Waals surface area contributed by atoms with Crippen LogP contribution < -0.4 is 10.6 Å². The van der Waals surface area contributed by atoms with Gasteiger partial charge in [-0.25, -0.2) is 4.98 Å². The lowest BCUT2D eigenvalue weighted by Crippen LogP contribution is -2.29. The van der Waals surface area contributed by atoms with E-state index < -0.39 is 11.8 Å². The predicted molar refractivity (Wildman–Crippen MR) is 70.6 cm³/mol. The average molecular weight is 261 g/mol. The second-order valence-corrected chi connectivity index (χ2v) is 4.51. The summed E-state index contributed by atoms with van der Waals surface area (Å²) in [6, 6.07) is 7.23. The fourth-order valence-corrected chi connectivity index (χ4v) is 1.87. The van der Waals surface area contributed by atoms with Crippen LogP contribution in [0.4, 0.5) is 10.8 Å². The van der Waals surface area contributed by atoms with Crippen LogP contribution in [-0.2, 0) is 9.59 Å². The standard InChI is InChI=1S/C12H11N3O2S/c1-8-3-2-4-9(7-8)14-10(16)11(17)15-12-13-5-6-18-12/h2-7H,1H3,(H,14,16)(H,13,15,17). The van der Waals surface area contributed by atoms with Gasteiger partial charge < -0.3 is 5.32 Å². The summed E-state index contributed by atoms with van der Waals surface area (Å²) in [5, 5.41) is 7.05. The number of aryl methyl sites for hydroxylation is 1. The minimum Gasteiger partial charge on any atom is -0.318 e. The minimum atomic E-state index is -0.730. The summed E-state index contributed by atoms with van der Waals surface area (Å²) >= 11 is 1.25. The molecule has 5 nitrogen and oxygen atoms in total. The first-order valence-corrected chi connectivity index (χ1v) is 6.11. The van der Waals surface area contributed by atoms with E-state index in [-0.39, 0.29) is 0 Å². The van der Waals surface area contributed by atoms with Crippen LogP contribution in [0.2, 0.25) is 0 Å². The smallest absolute Gasteiger partial charge is 0.315 e. The summed E-state index contributed by atoms with van der Waals surface area (Å²) in [4.78, 5) is 27.0. The van der Waals surface area contributed by atoms with Gasteiger partial charge in [0.2, 0.25) is 0 Å². The Bertz CT molecular complexity index is 566. The van der Waals surface area contributed by atoms with Gasteiger partial charge >= 0.3 is 11.8 Å². The predicted octanol–water partition coefficient (Wildman–Crippen LogP) is 2.03. The number of benzene rings is 1. The van der Waals surface area contributed by atoms with Crippen LogP contribution in [-0.4, -0.2) is 16.8 Å². The number of carbonyl (C=O) groups is 2. The van der Waals surface area contributed by atoms with Crippen molar-refractivity contribution >= 4 is 34.0 Å². The first kappa shape index (κ1) is 12.3. The number of hydrogen-bond donors (Lipinski definition) is 2. The third-order valence-electron chi connectivity index (χ3n) is 2.13. The third kappa shape index (κ3) is 3.14. The van der Waals surface area contributed by atoms with E-state index in [9.17, 15) is 9.59 Å². The number of carbonyl (C=O) groups excluding carboxylic acids is 2. The molecule has 2 N–H and O–H groups in total. The zero-order valence-corrected chi connectivity index (χ0v) is 10.5. The van der Waals surface area contributed by atoms with Crippen LogP contribution in [0.15, 0.2) is 35.8 Å². The molecular formula is C12H11N3O2S. The third-order valence-corrected chi connectivity index (χ3v) is 2.82. The molecule has 0 saturated heterocycles. The second kappa shape index (κ2) is 5.42. The molecule has 1 heterocycles. The highest BCUT2D eigenvalue weighted by atomic mass is 32.1. The SMILES string of the molecule is Cc1cccc(NC(=O)C(=O)Nc2nccs2)c1. The number of anilines is 2. The van der Waals surface area contributed by atoms with E-state index in [1.54, 1.807) is 23.7 Å². The molecule has 6 heteroatoms. The van der Waals surface area contributed by atoms with Crippen molar-refractivity contribution in [2.45, 2.75) is 6.92 Å². The Balaban J connectivity index is 1.97. The first-order chi connectivity index (χ1) is 8.65. The van der Waals surface area contributed by atoms with Gasteiger partial charge in [-0.1, -0.05) is 12.1 Å². The van der Waals surface area contributed by atoms with Gasteiger partial charge in [0.25, 0.3) is 0 Å². The highest BCUT2D eigenvalue weighted by molar-refractivity contribution is 7.13. The van der Waals surface area contributed by atoms with E-state index >= 15 is 0 Å². The maximum absolute atomic E-state index is 11.6. The Morgan fingerprint density at radius 2 is 2.00 bits per heavy atom. The molecule has 0 unspecified atom stereocenters. The van der Waals surface area contributed by atoms with Gasteiger partial charge in [-0.05, 0) is 24.6 Å². The summed E-state index contributed by atoms with van der Waals surface area (Å²) in [7, 11) is 0. The van der Waals surface area contributed by atoms with Crippen molar-refractivity contribution in [2.75, 3.05) is 10.6 Å². The average Bonchev–Trinajstić information content (AvgIpc) is 2.81. The fraction of sp³-hybridized carbons (Fsp3) is 0.0833. The van der Waals surface area contributed by atoms with Crippen molar-refractivity contribution in [1.29, 1.82) is 0 Å². The molecule has 0 bridgehead atoms. The normalized spacial score (nSPS) is 9.83. The molecule has 1 aromatic heterocycles. The van der Waals surface area contributed by atoms with Crippen LogP contribution in [0.1, 0.15) is 5.56 Å². The van der Waals surface area contributed by atoms with Gasteiger partial charge in [-0.3, -0.25) is 14.9 Å². The van der Waals surface area contributed by atoms with E-state index in [1.807, 2.05) is 19.1 Å². The molecular weight excluding hydrogens is 250 g/mol. The van der Waals surface area contributed by atoms with Crippen molar-refractivity contribution in [3.05, 3.63) is 41.4 Å². The zero-order chi connectivity index (χ0) is 13.0. The summed E-state index contributed by atoms with van der Waals surface area (Å²) in [5.74, 6) is -1.44. The Morgan fingerprint density at radius 3 is 2.67 bits per heavy atom. The Morgan fingerprint density at radius 1 is 1.22 bits per heavy atom. The largest absolute Gasteiger partial charge is 0.318 e. The van der Waals surface area contributed by atoms with Gasteiger partial charge in [0, 0.05) is 17.3 Å². The van der Waals surface area contributed by atoms with E-state index in [0.717, 1.165) is 5.56 Å². The minimum absolute atomic E-state index is 0.402. The number of amides is 2. The lowest BCUT2D eigenvalue weighted by Gasteiger charge is -2.05. The highest BCUT2D eigenvalue weighted by Crippen LogP contribution is 2.11. The molecule has 0 spiro atoms. The monoisotopic (exact) mass is 261 g/mol. The number of nitrogens with one attached hydrogen (secondary N) is 2. The molecule has 0 radical (unpaired) electrons. The number of rotatable bonds is 2. The van der Waals surface area contributed by atoms with Crippen molar-refractivity contribution in [2.24, 2.45) is 0 Å². The maximum Gasteiger partial charge on any atom is 0.315 e. The molecule has 0 saturated carbocycles. The van der Waals surface area contributed by atoms with Crippen LogP contribution in [0, 0.1) is 6.92 Å². The first-order valence-electron chi connectivity index (χ1n) is 5.23. The van der Waals surface area contributed by atoms with Crippen LogP contribution in [0.3, 0.4) is 0 Å². The fourth-order valence-electron chi connectivity index (χ4n) is 1.35. The number of aromatic nitrogens is 1. The van der Waals surface area contributed by atoms with Crippen LogP contribution >= 0.6 is 11.3 Å². The van der Waals surface area contributed by atoms with Crippen molar-refractivity contribution in [3.63, 3.8) is 0 Å². The topological polar surface area (TPSA) is 71.1 Å². The molecule has 18 heavy (non-hydrogen) atoms. The Labute approximate surface area is 108 Å². The van der Waals surface area contributed by atoms with E-state index in [0.29, 0.717) is 10.8 Å². The lowest BCUT2D eigenvalue weighted by atomic mass is 10.2. The van der Waals surface area contributed by atoms with E-state index in [4.69, 9.17) is 0 Å². The number of hydrogen-bond acceptors (Lipinski definition) is 4. The van der Waals surface area contributed by atoms with Gasteiger partial charge in [-0.15, -0.1) is 11.3 Å². The highest BCUT2D eigenvalue weighted by Gasteiger charge is 2.14. The Kier molecular flexibility index (Phi) is 3.69. The molecule has 0 aliphatic rings. The van der Waals surface area contributed by atoms with Crippen molar-refractivity contribution in [1.82, 2.24) is 4.98 Å². The van der Waals surface area contributed by atoms with Gasteiger partial charge in [0.1, 0.15) is 0 Å². The Hall–Kier alpha value is -2.21. The quantitative estimate of drug-likeness (QED) is 0.812. The van der Waals surface area contributed by atoms with E-state index in [2.05, 4.69) is 15.6 Å². The summed E-state index contributed by atoms with van der Waals surface area (Å²) in [6.45, 7) is 1.91. The molecule has 0 aliphatic carbocycles. The van der Waals surface area contributed by atoms with Gasteiger partial charge in [-0.2, -0.15) is 0 Å². The van der Waals surface area contributed by atoms with Crippen LogP contribution in [0.25, 0.3) is 0 Å². The van der Waals surface area contributed by atoms with Gasteiger partial charge in [0.15, 0.2) is 5.13 Å². The van der Waals surface area contributed by atoms with Crippen molar-refractivity contribution < 1.29 is 9.59 Å². The molecule has 1 aromatic carbocycles. The summed E-state index contributed by atoms with van der Waals surface area (Å²) < 4.78 is 0. The lowest BCUT2D eigenvalue weighted by molar-refractivity contribution is -0.132. The maximum atomic E-state index is 11.6. The molecule has 2 rings (SSSR count). The summed E-state index contributed by atoms with van der Waals surface area (Å²) in [6.07, 6.45) is 1.55. The molecule has 0 fully saturated rings. The van der Waals surface area contributed by atoms with Crippen molar-refractivity contribution in [3.8, 4) is 0 Å². The summed E-state index contributed by atoms with van der Waals surface area (Å²) in [5.41, 5.74) is 1.60. The molecule has 0 aliphatic heterocycles. The molecule has 2 aromatic rings. The number of nitrogens with zero attached hydrogens (tertiary/aromatic N) is 1. The van der Waals surface area contributed by atoms with E-state index in [1.165, 1.54) is 11.3 Å². The molecule has 0 atom stereocenters. The zero-order valence-electron chi connectivity index (χ0n) is 9.64. The van der Waals surface area contributed by atoms with Crippen LogP contribution in [0.5, 0.6) is 0 Å². The molecule has 2 amide bonds. The number of thiazole rings is 1. The van der Waals surface area contributed by atoms with Gasteiger partial charge in [0.05, 0.1) is 0 Å². The molecule has 92 valence electrons. The second-order valence-electron chi connectivity index (χ2n) is 3.61.